The zero-order chi connectivity index (χ0) is 42.8. The van der Waals surface area contributed by atoms with Crippen molar-refractivity contribution in [2.45, 2.75) is 257 Å². The lowest BCUT2D eigenvalue weighted by Crippen LogP contribution is -2.46. The number of carbonyl (C=O) groups excluding carboxylic acids is 1. The number of hydrogen-bond donors (Lipinski definition) is 3. The monoisotopic (exact) mass is 844 g/mol. The van der Waals surface area contributed by atoms with Gasteiger partial charge in [0.05, 0.1) is 39.9 Å². The second kappa shape index (κ2) is 41.6. The van der Waals surface area contributed by atoms with Crippen LogP contribution in [0.2, 0.25) is 0 Å². The molecular formula is C49H100N2O6P+. The summed E-state index contributed by atoms with van der Waals surface area (Å²) >= 11 is 0. The average Bonchev–Trinajstić information content (AvgIpc) is 3.17. The Morgan fingerprint density at radius 2 is 0.931 bits per heavy atom. The maximum absolute atomic E-state index is 12.9. The smallest absolute Gasteiger partial charge is 0.391 e. The molecule has 0 aromatic rings. The van der Waals surface area contributed by atoms with Gasteiger partial charge in [0.25, 0.3) is 0 Å². The maximum Gasteiger partial charge on any atom is 0.472 e. The summed E-state index contributed by atoms with van der Waals surface area (Å²) < 4.78 is 23.7. The second-order valence-electron chi connectivity index (χ2n) is 18.5. The number of quaternary nitrogens is 1. The molecule has 0 fully saturated rings. The van der Waals surface area contributed by atoms with Crippen molar-refractivity contribution in [3.05, 3.63) is 12.2 Å². The first-order valence-corrected chi connectivity index (χ1v) is 26.5. The van der Waals surface area contributed by atoms with Crippen molar-refractivity contribution in [1.29, 1.82) is 0 Å². The minimum Gasteiger partial charge on any atom is -0.391 e. The minimum absolute atomic E-state index is 0.0760. The van der Waals surface area contributed by atoms with E-state index in [1.54, 1.807) is 0 Å². The molecule has 0 spiro atoms. The highest BCUT2D eigenvalue weighted by Gasteiger charge is 2.28. The van der Waals surface area contributed by atoms with E-state index in [0.717, 1.165) is 38.5 Å². The van der Waals surface area contributed by atoms with E-state index < -0.39 is 20.0 Å². The lowest BCUT2D eigenvalue weighted by molar-refractivity contribution is -0.870. The SMILES string of the molecule is CCCCCCCC/C=C\CCCCCCCCCC(=O)NC(COP(=O)(O)OCC[N+](C)(C)C)C(O)CCCCCCCCCCCCCCCCCCCCC. The molecule has 0 aliphatic carbocycles. The third-order valence-corrected chi connectivity index (χ3v) is 12.5. The third-order valence-electron chi connectivity index (χ3n) is 11.5. The predicted molar refractivity (Wildman–Crippen MR) is 249 cm³/mol. The molecule has 0 saturated carbocycles. The molecule has 0 aromatic carbocycles. The first-order valence-electron chi connectivity index (χ1n) is 25.1. The Labute approximate surface area is 361 Å². The van der Waals surface area contributed by atoms with Crippen LogP contribution in [0.15, 0.2) is 12.2 Å². The summed E-state index contributed by atoms with van der Waals surface area (Å²) in [6.07, 6.45) is 48.1. The fourth-order valence-electron chi connectivity index (χ4n) is 7.51. The Balaban J connectivity index is 4.27. The Hall–Kier alpha value is -0.760. The molecule has 0 aromatic heterocycles. The molecule has 8 nitrogen and oxygen atoms in total. The van der Waals surface area contributed by atoms with Gasteiger partial charge in [-0.05, 0) is 38.5 Å². The number of aliphatic hydroxyl groups excluding tert-OH is 1. The first kappa shape index (κ1) is 57.2. The van der Waals surface area contributed by atoms with E-state index in [2.05, 4.69) is 31.3 Å². The number of carbonyl (C=O) groups is 1. The topological polar surface area (TPSA) is 105 Å². The summed E-state index contributed by atoms with van der Waals surface area (Å²) in [6.45, 7) is 4.91. The maximum atomic E-state index is 12.9. The Kier molecular flexibility index (Phi) is 41.0. The quantitative estimate of drug-likeness (QED) is 0.0244. The molecule has 3 atom stereocenters. The summed E-state index contributed by atoms with van der Waals surface area (Å²) in [5, 5.41) is 14.0. The van der Waals surface area contributed by atoms with Crippen LogP contribution in [-0.2, 0) is 18.4 Å². The zero-order valence-electron chi connectivity index (χ0n) is 39.3. The zero-order valence-corrected chi connectivity index (χ0v) is 40.2. The normalized spacial score (nSPS) is 14.3. The number of rotatable bonds is 46. The Bertz CT molecular complexity index is 958. The van der Waals surface area contributed by atoms with Crippen LogP contribution in [0.1, 0.15) is 245 Å². The van der Waals surface area contributed by atoms with Crippen LogP contribution >= 0.6 is 7.82 Å². The van der Waals surface area contributed by atoms with Crippen molar-refractivity contribution in [1.82, 2.24) is 5.32 Å². The molecule has 0 saturated heterocycles. The Morgan fingerprint density at radius 3 is 1.33 bits per heavy atom. The molecule has 1 amide bonds. The minimum atomic E-state index is -4.31. The number of hydrogen-bond acceptors (Lipinski definition) is 5. The fraction of sp³-hybridized carbons (Fsp3) is 0.939. The number of allylic oxidation sites excluding steroid dienone is 2. The van der Waals surface area contributed by atoms with Crippen LogP contribution in [0.25, 0.3) is 0 Å². The molecule has 3 unspecified atom stereocenters. The number of nitrogens with zero attached hydrogens (tertiary/aromatic N) is 1. The van der Waals surface area contributed by atoms with Crippen molar-refractivity contribution in [2.24, 2.45) is 0 Å². The van der Waals surface area contributed by atoms with Crippen LogP contribution in [0.4, 0.5) is 0 Å². The number of likely N-dealkylation sites (N-methyl/N-ethyl adjacent to an activating group) is 1. The molecule has 0 aliphatic heterocycles. The standard InChI is InChI=1S/C49H99N2O6P/c1-6-8-10-12-14-16-18-20-22-24-25-27-28-30-32-34-36-38-40-42-48(52)47(46-57-58(54,55)56-45-44-51(3,4)5)50-49(53)43-41-39-37-35-33-31-29-26-23-21-19-17-15-13-11-9-7-2/h21,23,47-48,52H,6-20,22,24-46H2,1-5H3,(H-,50,53,54,55)/p+1/b23-21-. The van der Waals surface area contributed by atoms with Gasteiger partial charge < -0.3 is 19.8 Å². The molecule has 0 aliphatic rings. The number of phosphoric ester groups is 1. The molecule has 0 heterocycles. The van der Waals surface area contributed by atoms with Crippen molar-refractivity contribution < 1.29 is 32.9 Å². The van der Waals surface area contributed by atoms with Gasteiger partial charge in [0.2, 0.25) is 5.91 Å². The van der Waals surface area contributed by atoms with Crippen molar-refractivity contribution in [2.75, 3.05) is 40.9 Å². The number of aliphatic hydroxyl groups is 1. The molecule has 58 heavy (non-hydrogen) atoms. The van der Waals surface area contributed by atoms with Gasteiger partial charge in [-0.1, -0.05) is 212 Å². The molecule has 346 valence electrons. The number of phosphoric acid groups is 1. The van der Waals surface area contributed by atoms with Crippen molar-refractivity contribution in [3.63, 3.8) is 0 Å². The van der Waals surface area contributed by atoms with Gasteiger partial charge in [-0.25, -0.2) is 4.57 Å². The molecular weight excluding hydrogens is 744 g/mol. The Morgan fingerprint density at radius 1 is 0.569 bits per heavy atom. The summed E-state index contributed by atoms with van der Waals surface area (Å²) in [6, 6.07) is -0.759. The van der Waals surface area contributed by atoms with E-state index in [-0.39, 0.29) is 19.1 Å². The second-order valence-corrected chi connectivity index (χ2v) is 20.0. The lowest BCUT2D eigenvalue weighted by Gasteiger charge is -2.26. The molecule has 3 N–H and O–H groups in total. The van der Waals surface area contributed by atoms with Gasteiger partial charge in [-0.3, -0.25) is 13.8 Å². The highest BCUT2D eigenvalue weighted by molar-refractivity contribution is 7.47. The molecule has 9 heteroatoms. The number of nitrogens with one attached hydrogen (secondary N) is 1. The van der Waals surface area contributed by atoms with Crippen LogP contribution in [0.5, 0.6) is 0 Å². The van der Waals surface area contributed by atoms with Crippen molar-refractivity contribution >= 4 is 13.7 Å². The predicted octanol–water partition coefficient (Wildman–Crippen LogP) is 14.3. The van der Waals surface area contributed by atoms with E-state index in [4.69, 9.17) is 9.05 Å². The number of amides is 1. The highest BCUT2D eigenvalue weighted by atomic mass is 31.2. The number of unbranched alkanes of at least 4 members (excludes halogenated alkanes) is 31. The summed E-state index contributed by atoms with van der Waals surface area (Å²) in [7, 11) is 1.62. The van der Waals surface area contributed by atoms with Crippen molar-refractivity contribution in [3.8, 4) is 0 Å². The van der Waals surface area contributed by atoms with Crippen LogP contribution in [-0.4, -0.2) is 73.4 Å². The summed E-state index contributed by atoms with van der Waals surface area (Å²) in [5.74, 6) is -0.146. The van der Waals surface area contributed by atoms with Gasteiger partial charge >= 0.3 is 7.82 Å². The largest absolute Gasteiger partial charge is 0.472 e. The van der Waals surface area contributed by atoms with Gasteiger partial charge in [-0.2, -0.15) is 0 Å². The van der Waals surface area contributed by atoms with E-state index >= 15 is 0 Å². The third kappa shape index (κ3) is 43.3. The van der Waals surface area contributed by atoms with E-state index in [1.807, 2.05) is 21.1 Å². The summed E-state index contributed by atoms with van der Waals surface area (Å²) in [4.78, 5) is 23.2. The van der Waals surface area contributed by atoms with E-state index in [0.29, 0.717) is 23.9 Å². The highest BCUT2D eigenvalue weighted by Crippen LogP contribution is 2.43. The van der Waals surface area contributed by atoms with E-state index in [9.17, 15) is 19.4 Å². The van der Waals surface area contributed by atoms with Gasteiger partial charge in [0, 0.05) is 6.42 Å². The van der Waals surface area contributed by atoms with Gasteiger partial charge in [0.1, 0.15) is 13.2 Å². The first-order chi connectivity index (χ1) is 28.0. The van der Waals surface area contributed by atoms with Crippen LogP contribution in [0, 0.1) is 0 Å². The van der Waals surface area contributed by atoms with Gasteiger partial charge in [-0.15, -0.1) is 0 Å². The molecule has 0 bridgehead atoms. The molecule has 0 rings (SSSR count). The van der Waals surface area contributed by atoms with Crippen LogP contribution in [0.3, 0.4) is 0 Å². The van der Waals surface area contributed by atoms with Gasteiger partial charge in [0.15, 0.2) is 0 Å². The average molecular weight is 844 g/mol. The van der Waals surface area contributed by atoms with Crippen LogP contribution < -0.4 is 5.32 Å². The van der Waals surface area contributed by atoms with E-state index in [1.165, 1.54) is 180 Å². The fourth-order valence-corrected chi connectivity index (χ4v) is 8.25. The molecule has 0 radical (unpaired) electrons. The lowest BCUT2D eigenvalue weighted by atomic mass is 10.0. The summed E-state index contributed by atoms with van der Waals surface area (Å²) in [5.41, 5.74) is 0.